The van der Waals surface area contributed by atoms with Crippen molar-refractivity contribution in [2.75, 3.05) is 20.2 Å². The van der Waals surface area contributed by atoms with Crippen molar-refractivity contribution in [3.05, 3.63) is 29.3 Å². The van der Waals surface area contributed by atoms with E-state index in [0.717, 1.165) is 29.8 Å². The number of benzene rings is 1. The first-order chi connectivity index (χ1) is 6.83. The van der Waals surface area contributed by atoms with Gasteiger partial charge in [0.15, 0.2) is 0 Å². The van der Waals surface area contributed by atoms with Gasteiger partial charge in [0.2, 0.25) is 0 Å². The molecule has 0 bridgehead atoms. The number of nitrogens with one attached hydrogen (secondary N) is 1. The normalized spacial score (nSPS) is 21.1. The predicted octanol–water partition coefficient (Wildman–Crippen LogP) is 0.874. The Morgan fingerprint density at radius 1 is 1.50 bits per heavy atom. The first-order valence-corrected chi connectivity index (χ1v) is 4.87. The van der Waals surface area contributed by atoms with Crippen molar-refractivity contribution in [2.24, 2.45) is 0 Å². The zero-order chi connectivity index (χ0) is 9.97. The van der Waals surface area contributed by atoms with Crippen LogP contribution >= 0.6 is 0 Å². The molecule has 0 amide bonds. The fourth-order valence-electron chi connectivity index (χ4n) is 1.92. The van der Waals surface area contributed by atoms with Crippen molar-refractivity contribution in [1.82, 2.24) is 5.32 Å². The second-order valence-corrected chi connectivity index (χ2v) is 3.50. The lowest BCUT2D eigenvalue weighted by Crippen LogP contribution is -2.19. The van der Waals surface area contributed by atoms with Gasteiger partial charge in [0.25, 0.3) is 0 Å². The maximum absolute atomic E-state index is 9.84. The zero-order valence-corrected chi connectivity index (χ0v) is 8.29. The largest absolute Gasteiger partial charge is 0.496 e. The van der Waals surface area contributed by atoms with E-state index in [1.807, 2.05) is 18.2 Å². The van der Waals surface area contributed by atoms with E-state index in [1.54, 1.807) is 7.11 Å². The second kappa shape index (κ2) is 3.98. The molecule has 0 fully saturated rings. The van der Waals surface area contributed by atoms with Gasteiger partial charge < -0.3 is 15.2 Å². The van der Waals surface area contributed by atoms with E-state index in [1.165, 1.54) is 0 Å². The van der Waals surface area contributed by atoms with Gasteiger partial charge in [0, 0.05) is 12.1 Å². The number of β-amino-alcohol motifs (C(OH)–C–C–N with tert-alkyl or cyclic N) is 1. The van der Waals surface area contributed by atoms with Gasteiger partial charge in [-0.3, -0.25) is 0 Å². The number of ether oxygens (including phenoxy) is 1. The lowest BCUT2D eigenvalue weighted by atomic mass is 10.0. The van der Waals surface area contributed by atoms with Gasteiger partial charge >= 0.3 is 0 Å². The van der Waals surface area contributed by atoms with Crippen LogP contribution in [0.25, 0.3) is 0 Å². The minimum atomic E-state index is -0.414. The Morgan fingerprint density at radius 2 is 2.36 bits per heavy atom. The Bertz CT molecular complexity index is 325. The van der Waals surface area contributed by atoms with Crippen LogP contribution in [0.15, 0.2) is 18.2 Å². The van der Waals surface area contributed by atoms with E-state index in [0.29, 0.717) is 6.54 Å². The highest BCUT2D eigenvalue weighted by molar-refractivity contribution is 5.42. The topological polar surface area (TPSA) is 41.5 Å². The Balaban J connectivity index is 2.46. The average Bonchev–Trinajstić information content (AvgIpc) is 2.41. The van der Waals surface area contributed by atoms with E-state index in [4.69, 9.17) is 4.74 Å². The van der Waals surface area contributed by atoms with Crippen molar-refractivity contribution in [3.63, 3.8) is 0 Å². The van der Waals surface area contributed by atoms with Crippen molar-refractivity contribution in [3.8, 4) is 5.75 Å². The van der Waals surface area contributed by atoms with Crippen LogP contribution in [-0.4, -0.2) is 25.3 Å². The Labute approximate surface area is 83.7 Å². The number of methoxy groups -OCH3 is 1. The van der Waals surface area contributed by atoms with E-state index in [2.05, 4.69) is 5.32 Å². The van der Waals surface area contributed by atoms with Crippen molar-refractivity contribution in [2.45, 2.75) is 12.5 Å². The summed E-state index contributed by atoms with van der Waals surface area (Å²) in [6.07, 6.45) is 0.499. The van der Waals surface area contributed by atoms with Crippen LogP contribution in [0.2, 0.25) is 0 Å². The highest BCUT2D eigenvalue weighted by atomic mass is 16.5. The number of fused-ring (bicyclic) bond motifs is 1. The third-order valence-corrected chi connectivity index (χ3v) is 2.64. The highest BCUT2D eigenvalue weighted by Gasteiger charge is 2.18. The molecule has 1 unspecified atom stereocenters. The number of hydrogen-bond donors (Lipinski definition) is 2. The van der Waals surface area contributed by atoms with Gasteiger partial charge in [-0.25, -0.2) is 0 Å². The SMILES string of the molecule is COc1cccc2c1CCNCC2O. The van der Waals surface area contributed by atoms with Crippen molar-refractivity contribution in [1.29, 1.82) is 0 Å². The molecule has 0 aliphatic carbocycles. The van der Waals surface area contributed by atoms with Crippen LogP contribution < -0.4 is 10.1 Å². The van der Waals surface area contributed by atoms with Crippen molar-refractivity contribution >= 4 is 0 Å². The number of hydrogen-bond acceptors (Lipinski definition) is 3. The predicted molar refractivity (Wildman–Crippen MR) is 54.5 cm³/mol. The molecule has 0 saturated carbocycles. The quantitative estimate of drug-likeness (QED) is 0.695. The molecule has 3 nitrogen and oxygen atoms in total. The second-order valence-electron chi connectivity index (χ2n) is 3.50. The maximum Gasteiger partial charge on any atom is 0.122 e. The summed E-state index contributed by atoms with van der Waals surface area (Å²) in [6.45, 7) is 1.52. The van der Waals surface area contributed by atoms with Crippen LogP contribution in [-0.2, 0) is 6.42 Å². The Morgan fingerprint density at radius 3 is 3.14 bits per heavy atom. The minimum absolute atomic E-state index is 0.414. The summed E-state index contributed by atoms with van der Waals surface area (Å²) in [6, 6.07) is 5.83. The molecule has 0 saturated heterocycles. The van der Waals surface area contributed by atoms with Crippen molar-refractivity contribution < 1.29 is 9.84 Å². The van der Waals surface area contributed by atoms with Gasteiger partial charge in [0.1, 0.15) is 5.75 Å². The molecule has 2 N–H and O–H groups in total. The van der Waals surface area contributed by atoms with E-state index < -0.39 is 6.10 Å². The third-order valence-electron chi connectivity index (χ3n) is 2.64. The van der Waals surface area contributed by atoms with Gasteiger partial charge in [0.05, 0.1) is 13.2 Å². The lowest BCUT2D eigenvalue weighted by Gasteiger charge is -2.13. The Hall–Kier alpha value is -1.06. The zero-order valence-electron chi connectivity index (χ0n) is 8.29. The summed E-state index contributed by atoms with van der Waals surface area (Å²) in [4.78, 5) is 0. The number of aliphatic hydroxyl groups excluding tert-OH is 1. The molecule has 1 aliphatic heterocycles. The molecule has 1 aliphatic rings. The van der Waals surface area contributed by atoms with Gasteiger partial charge in [-0.2, -0.15) is 0 Å². The molecule has 1 aromatic carbocycles. The lowest BCUT2D eigenvalue weighted by molar-refractivity contribution is 0.177. The smallest absolute Gasteiger partial charge is 0.122 e. The van der Waals surface area contributed by atoms with Crippen LogP contribution in [0, 0.1) is 0 Å². The molecule has 3 heteroatoms. The molecule has 14 heavy (non-hydrogen) atoms. The Kier molecular flexibility index (Phi) is 2.70. The highest BCUT2D eigenvalue weighted by Crippen LogP contribution is 2.28. The molecule has 2 rings (SSSR count). The summed E-state index contributed by atoms with van der Waals surface area (Å²) in [5, 5.41) is 13.0. The van der Waals surface area contributed by atoms with Crippen LogP contribution in [0.1, 0.15) is 17.2 Å². The van der Waals surface area contributed by atoms with Crippen LogP contribution in [0.4, 0.5) is 0 Å². The molecule has 1 aromatic rings. The van der Waals surface area contributed by atoms with E-state index >= 15 is 0 Å². The number of aliphatic hydroxyl groups is 1. The first kappa shape index (κ1) is 9.49. The number of rotatable bonds is 1. The summed E-state index contributed by atoms with van der Waals surface area (Å²) in [5.41, 5.74) is 2.13. The standard InChI is InChI=1S/C11H15NO2/c1-14-11-4-2-3-8-9(11)5-6-12-7-10(8)13/h2-4,10,12-13H,5-7H2,1H3. The van der Waals surface area contributed by atoms with E-state index in [9.17, 15) is 5.11 Å². The summed E-state index contributed by atoms with van der Waals surface area (Å²) in [7, 11) is 1.67. The molecule has 0 aromatic heterocycles. The third kappa shape index (κ3) is 1.61. The molecule has 1 heterocycles. The van der Waals surface area contributed by atoms with Crippen LogP contribution in [0.3, 0.4) is 0 Å². The van der Waals surface area contributed by atoms with Gasteiger partial charge in [-0.05, 0) is 24.6 Å². The van der Waals surface area contributed by atoms with Crippen LogP contribution in [0.5, 0.6) is 5.75 Å². The minimum Gasteiger partial charge on any atom is -0.496 e. The summed E-state index contributed by atoms with van der Waals surface area (Å²) >= 11 is 0. The maximum atomic E-state index is 9.84. The molecular formula is C11H15NO2. The first-order valence-electron chi connectivity index (χ1n) is 4.87. The van der Waals surface area contributed by atoms with Gasteiger partial charge in [-0.15, -0.1) is 0 Å². The molecule has 0 radical (unpaired) electrons. The van der Waals surface area contributed by atoms with E-state index in [-0.39, 0.29) is 0 Å². The molecule has 1 atom stereocenters. The summed E-state index contributed by atoms with van der Waals surface area (Å²) < 4.78 is 5.28. The fraction of sp³-hybridized carbons (Fsp3) is 0.455. The van der Waals surface area contributed by atoms with Gasteiger partial charge in [-0.1, -0.05) is 12.1 Å². The molecule has 0 spiro atoms. The average molecular weight is 193 g/mol. The molecular weight excluding hydrogens is 178 g/mol. The molecule has 76 valence electrons. The fourth-order valence-corrected chi connectivity index (χ4v) is 1.92. The monoisotopic (exact) mass is 193 g/mol. The summed E-state index contributed by atoms with van der Waals surface area (Å²) in [5.74, 6) is 0.880.